The van der Waals surface area contributed by atoms with Crippen molar-refractivity contribution in [3.63, 3.8) is 0 Å². The number of nitrogens with one attached hydrogen (secondary N) is 2. The van der Waals surface area contributed by atoms with E-state index in [1.54, 1.807) is 19.1 Å². The number of fused-ring (bicyclic) bond motifs is 1. The van der Waals surface area contributed by atoms with Crippen molar-refractivity contribution >= 4 is 11.7 Å². The molecule has 0 fully saturated rings. The van der Waals surface area contributed by atoms with Crippen LogP contribution in [0.3, 0.4) is 0 Å². The molecule has 1 unspecified atom stereocenters. The first-order valence-electron chi connectivity index (χ1n) is 8.38. The maximum absolute atomic E-state index is 14.2. The van der Waals surface area contributed by atoms with Gasteiger partial charge in [0.15, 0.2) is 0 Å². The van der Waals surface area contributed by atoms with E-state index in [0.29, 0.717) is 22.6 Å². The maximum Gasteiger partial charge on any atom is 0.253 e. The molecular formula is C19H22FN3O2. The third-order valence-electron chi connectivity index (χ3n) is 4.47. The largest absolute Gasteiger partial charge is 0.497 e. The van der Waals surface area contributed by atoms with Gasteiger partial charge in [0.2, 0.25) is 0 Å². The number of carbonyl (C=O) groups is 1. The normalized spacial score (nSPS) is 14.2. The summed E-state index contributed by atoms with van der Waals surface area (Å²) >= 11 is 0. The highest BCUT2D eigenvalue weighted by molar-refractivity contribution is 5.96. The highest BCUT2D eigenvalue weighted by atomic mass is 19.1. The quantitative estimate of drug-likeness (QED) is 0.893. The number of halogens is 1. The van der Waals surface area contributed by atoms with Crippen molar-refractivity contribution in [3.8, 4) is 5.75 Å². The summed E-state index contributed by atoms with van der Waals surface area (Å²) in [6.45, 7) is 4.47. The number of pyridine rings is 1. The van der Waals surface area contributed by atoms with Crippen LogP contribution >= 0.6 is 0 Å². The fourth-order valence-electron chi connectivity index (χ4n) is 3.04. The van der Waals surface area contributed by atoms with Crippen LogP contribution in [-0.2, 0) is 6.42 Å². The Balaban J connectivity index is 1.80. The van der Waals surface area contributed by atoms with E-state index in [1.807, 2.05) is 13.0 Å². The Hall–Kier alpha value is -2.63. The van der Waals surface area contributed by atoms with E-state index >= 15 is 0 Å². The number of benzene rings is 1. The second kappa shape index (κ2) is 7.09. The summed E-state index contributed by atoms with van der Waals surface area (Å²) in [7, 11) is 1.49. The van der Waals surface area contributed by atoms with Crippen molar-refractivity contribution in [2.45, 2.75) is 32.7 Å². The van der Waals surface area contributed by atoms with Crippen molar-refractivity contribution in [2.75, 3.05) is 19.0 Å². The van der Waals surface area contributed by atoms with E-state index in [0.717, 1.165) is 30.8 Å². The molecular weight excluding hydrogens is 321 g/mol. The number of aromatic nitrogens is 1. The molecule has 5 nitrogen and oxygen atoms in total. The number of carbonyl (C=O) groups excluding carboxylic acids is 1. The van der Waals surface area contributed by atoms with Crippen LogP contribution in [0.25, 0.3) is 0 Å². The summed E-state index contributed by atoms with van der Waals surface area (Å²) in [5, 5.41) is 6.11. The van der Waals surface area contributed by atoms with Crippen LogP contribution < -0.4 is 15.4 Å². The number of hydrogen-bond donors (Lipinski definition) is 2. The van der Waals surface area contributed by atoms with Crippen molar-refractivity contribution in [1.82, 2.24) is 10.3 Å². The first kappa shape index (κ1) is 17.2. The highest BCUT2D eigenvalue weighted by Crippen LogP contribution is 2.24. The number of anilines is 1. The second-order valence-corrected chi connectivity index (χ2v) is 6.24. The number of rotatable bonds is 4. The standard InChI is InChI=1S/C19H22FN3O2/c1-11(15-7-6-14(25-3)10-17(15)20)23-19(24)16-9-13-5-4-8-21-18(13)22-12(16)2/h6-7,9-11H,4-5,8H2,1-3H3,(H,21,22)(H,23,24). The smallest absolute Gasteiger partial charge is 0.253 e. The molecule has 132 valence electrons. The second-order valence-electron chi connectivity index (χ2n) is 6.24. The Morgan fingerprint density at radius 2 is 2.20 bits per heavy atom. The molecule has 0 saturated carbocycles. The molecule has 2 heterocycles. The fourth-order valence-corrected chi connectivity index (χ4v) is 3.04. The number of ether oxygens (including phenoxy) is 1. The van der Waals surface area contributed by atoms with Gasteiger partial charge in [0, 0.05) is 18.2 Å². The SMILES string of the molecule is COc1ccc(C(C)NC(=O)c2cc3c(nc2C)NCCC3)c(F)c1. The van der Waals surface area contributed by atoms with Crippen LogP contribution in [0.5, 0.6) is 5.75 Å². The topological polar surface area (TPSA) is 63.2 Å². The lowest BCUT2D eigenvalue weighted by molar-refractivity contribution is 0.0938. The Bertz CT molecular complexity index is 807. The Kier molecular flexibility index (Phi) is 4.88. The molecule has 1 aromatic heterocycles. The minimum Gasteiger partial charge on any atom is -0.497 e. The molecule has 0 radical (unpaired) electrons. The lowest BCUT2D eigenvalue weighted by atomic mass is 10.0. The summed E-state index contributed by atoms with van der Waals surface area (Å²) in [5.41, 5.74) is 2.65. The van der Waals surface area contributed by atoms with E-state index < -0.39 is 11.9 Å². The maximum atomic E-state index is 14.2. The van der Waals surface area contributed by atoms with Crippen molar-refractivity contribution in [1.29, 1.82) is 0 Å². The predicted molar refractivity (Wildman–Crippen MR) is 94.6 cm³/mol. The summed E-state index contributed by atoms with van der Waals surface area (Å²) in [6, 6.07) is 6.04. The number of aryl methyl sites for hydroxylation is 2. The summed E-state index contributed by atoms with van der Waals surface area (Å²) in [6.07, 6.45) is 1.92. The van der Waals surface area contributed by atoms with Crippen molar-refractivity contribution in [2.24, 2.45) is 0 Å². The van der Waals surface area contributed by atoms with Gasteiger partial charge in [0.05, 0.1) is 24.4 Å². The van der Waals surface area contributed by atoms with E-state index in [1.165, 1.54) is 13.2 Å². The number of methoxy groups -OCH3 is 1. The summed E-state index contributed by atoms with van der Waals surface area (Å²) in [4.78, 5) is 17.1. The van der Waals surface area contributed by atoms with Gasteiger partial charge in [-0.2, -0.15) is 0 Å². The van der Waals surface area contributed by atoms with E-state index in [-0.39, 0.29) is 5.91 Å². The first-order valence-corrected chi connectivity index (χ1v) is 8.38. The van der Waals surface area contributed by atoms with Crippen LogP contribution in [0.4, 0.5) is 10.2 Å². The molecule has 2 aromatic rings. The molecule has 1 aromatic carbocycles. The molecule has 3 rings (SSSR count). The summed E-state index contributed by atoms with van der Waals surface area (Å²) in [5.74, 6) is 0.647. The molecule has 0 spiro atoms. The van der Waals surface area contributed by atoms with Gasteiger partial charge in [-0.05, 0) is 44.4 Å². The lowest BCUT2D eigenvalue weighted by Crippen LogP contribution is -2.28. The van der Waals surface area contributed by atoms with Gasteiger partial charge < -0.3 is 15.4 Å². The number of amides is 1. The zero-order valence-electron chi connectivity index (χ0n) is 14.6. The molecule has 0 aliphatic carbocycles. The van der Waals surface area contributed by atoms with Gasteiger partial charge in [-0.1, -0.05) is 6.07 Å². The molecule has 1 atom stereocenters. The van der Waals surface area contributed by atoms with E-state index in [9.17, 15) is 9.18 Å². The van der Waals surface area contributed by atoms with Crippen LogP contribution in [0, 0.1) is 12.7 Å². The van der Waals surface area contributed by atoms with Gasteiger partial charge in [-0.25, -0.2) is 9.37 Å². The fraction of sp³-hybridized carbons (Fsp3) is 0.368. The molecule has 6 heteroatoms. The Morgan fingerprint density at radius 3 is 2.92 bits per heavy atom. The highest BCUT2D eigenvalue weighted by Gasteiger charge is 2.20. The van der Waals surface area contributed by atoms with Crippen LogP contribution in [-0.4, -0.2) is 24.5 Å². The van der Waals surface area contributed by atoms with Crippen molar-refractivity contribution < 1.29 is 13.9 Å². The average molecular weight is 343 g/mol. The zero-order chi connectivity index (χ0) is 18.0. The zero-order valence-corrected chi connectivity index (χ0v) is 14.6. The Labute approximate surface area is 146 Å². The molecule has 2 N–H and O–H groups in total. The van der Waals surface area contributed by atoms with E-state index in [4.69, 9.17) is 4.74 Å². The molecule has 1 aliphatic rings. The third kappa shape index (κ3) is 3.57. The number of nitrogens with zero attached hydrogens (tertiary/aromatic N) is 1. The minimum atomic E-state index is -0.466. The van der Waals surface area contributed by atoms with Gasteiger partial charge in [-0.3, -0.25) is 4.79 Å². The Morgan fingerprint density at radius 1 is 1.40 bits per heavy atom. The molecule has 0 bridgehead atoms. The minimum absolute atomic E-state index is 0.249. The molecule has 1 aliphatic heterocycles. The molecule has 0 saturated heterocycles. The van der Waals surface area contributed by atoms with Crippen LogP contribution in [0.1, 0.15) is 46.6 Å². The molecule has 25 heavy (non-hydrogen) atoms. The van der Waals surface area contributed by atoms with Gasteiger partial charge in [0.25, 0.3) is 5.91 Å². The monoisotopic (exact) mass is 343 g/mol. The number of hydrogen-bond acceptors (Lipinski definition) is 4. The van der Waals surface area contributed by atoms with Gasteiger partial charge >= 0.3 is 0 Å². The average Bonchev–Trinajstić information content (AvgIpc) is 2.60. The summed E-state index contributed by atoms with van der Waals surface area (Å²) < 4.78 is 19.2. The van der Waals surface area contributed by atoms with Gasteiger partial charge in [-0.15, -0.1) is 0 Å². The van der Waals surface area contributed by atoms with Crippen LogP contribution in [0.2, 0.25) is 0 Å². The first-order chi connectivity index (χ1) is 12.0. The van der Waals surface area contributed by atoms with Gasteiger partial charge in [0.1, 0.15) is 17.4 Å². The van der Waals surface area contributed by atoms with Crippen molar-refractivity contribution in [3.05, 3.63) is 52.5 Å². The van der Waals surface area contributed by atoms with E-state index in [2.05, 4.69) is 15.6 Å². The predicted octanol–water partition coefficient (Wildman–Crippen LogP) is 3.39. The third-order valence-corrected chi connectivity index (χ3v) is 4.47. The van der Waals surface area contributed by atoms with Crippen LogP contribution in [0.15, 0.2) is 24.3 Å². The molecule has 1 amide bonds. The lowest BCUT2D eigenvalue weighted by Gasteiger charge is -2.20.